The molecule has 1 heteroatoms. The van der Waals surface area contributed by atoms with Gasteiger partial charge >= 0.3 is 0 Å². The number of rotatable bonds is 4. The van der Waals surface area contributed by atoms with Crippen molar-refractivity contribution < 1.29 is 0 Å². The van der Waals surface area contributed by atoms with E-state index in [0.717, 1.165) is 11.4 Å². The summed E-state index contributed by atoms with van der Waals surface area (Å²) in [5.74, 6) is 0. The van der Waals surface area contributed by atoms with Gasteiger partial charge in [0.1, 0.15) is 0 Å². The maximum absolute atomic E-state index is 2.39. The molecule has 0 unspecified atom stereocenters. The lowest BCUT2D eigenvalue weighted by atomic mass is 9.93. The number of benzene rings is 6. The summed E-state index contributed by atoms with van der Waals surface area (Å²) in [4.78, 5) is 2.39. The molecular formula is C34H27N. The van der Waals surface area contributed by atoms with Crippen molar-refractivity contribution in [3.63, 3.8) is 0 Å². The lowest BCUT2D eigenvalue weighted by molar-refractivity contribution is 1.27. The van der Waals surface area contributed by atoms with Gasteiger partial charge in [0.05, 0.1) is 5.69 Å². The van der Waals surface area contributed by atoms with Gasteiger partial charge in [0.2, 0.25) is 0 Å². The highest BCUT2D eigenvalue weighted by molar-refractivity contribution is 6.06. The molecule has 0 aromatic heterocycles. The molecule has 0 heterocycles. The number of nitrogens with zero attached hydrogens (tertiary/aromatic N) is 1. The minimum atomic E-state index is 1.15. The number of hydrogen-bond acceptors (Lipinski definition) is 1. The first-order valence-electron chi connectivity index (χ1n) is 12.1. The first-order valence-corrected chi connectivity index (χ1v) is 12.1. The largest absolute Gasteiger partial charge is 0.310 e. The summed E-state index contributed by atoms with van der Waals surface area (Å²) in [7, 11) is 0. The van der Waals surface area contributed by atoms with Gasteiger partial charge in [-0.1, -0.05) is 96.6 Å². The summed E-state index contributed by atoms with van der Waals surface area (Å²) in [6.07, 6.45) is 0. The number of hydrogen-bond donors (Lipinski definition) is 0. The Morgan fingerprint density at radius 1 is 0.457 bits per heavy atom. The van der Waals surface area contributed by atoms with Crippen LogP contribution in [0.25, 0.3) is 32.7 Å². The van der Waals surface area contributed by atoms with Crippen LogP contribution in [0.15, 0.2) is 127 Å². The van der Waals surface area contributed by atoms with E-state index < -0.39 is 0 Å². The summed E-state index contributed by atoms with van der Waals surface area (Å²) in [5.41, 5.74) is 8.45. The fourth-order valence-corrected chi connectivity index (χ4v) is 4.98. The molecule has 0 saturated heterocycles. The Hall–Kier alpha value is -4.36. The molecule has 0 aliphatic rings. The zero-order valence-corrected chi connectivity index (χ0v) is 20.1. The van der Waals surface area contributed by atoms with E-state index in [2.05, 4.69) is 146 Å². The van der Waals surface area contributed by atoms with Crippen LogP contribution in [0.3, 0.4) is 0 Å². The monoisotopic (exact) mass is 449 g/mol. The molecule has 0 aliphatic carbocycles. The van der Waals surface area contributed by atoms with Crippen molar-refractivity contribution in [2.45, 2.75) is 13.8 Å². The third-order valence-electron chi connectivity index (χ3n) is 6.74. The summed E-state index contributed by atoms with van der Waals surface area (Å²) in [6.45, 7) is 4.29. The molecule has 0 N–H and O–H groups in total. The maximum Gasteiger partial charge on any atom is 0.0546 e. The number of anilines is 3. The number of aryl methyl sites for hydroxylation is 2. The second-order valence-electron chi connectivity index (χ2n) is 9.25. The summed E-state index contributed by atoms with van der Waals surface area (Å²) < 4.78 is 0. The zero-order chi connectivity index (χ0) is 23.8. The fraction of sp³-hybridized carbons (Fsp3) is 0.0588. The zero-order valence-electron chi connectivity index (χ0n) is 20.1. The molecule has 6 rings (SSSR count). The fourth-order valence-electron chi connectivity index (χ4n) is 4.98. The van der Waals surface area contributed by atoms with E-state index in [1.54, 1.807) is 0 Å². The van der Waals surface area contributed by atoms with Gasteiger partial charge in [-0.2, -0.15) is 0 Å². The lowest BCUT2D eigenvalue weighted by Crippen LogP contribution is -2.11. The van der Waals surface area contributed by atoms with E-state index in [-0.39, 0.29) is 0 Å². The SMILES string of the molecule is Cc1ccc(N(c2cccc(C)c2)c2ccc3ccccc3c2-c2ccc3ccccc3c2)cc1. The molecule has 0 aliphatic heterocycles. The van der Waals surface area contributed by atoms with E-state index in [0.29, 0.717) is 0 Å². The topological polar surface area (TPSA) is 3.24 Å². The molecule has 0 amide bonds. The number of fused-ring (bicyclic) bond motifs is 2. The van der Waals surface area contributed by atoms with Crippen LogP contribution in [0.1, 0.15) is 11.1 Å². The van der Waals surface area contributed by atoms with Crippen molar-refractivity contribution in [2.24, 2.45) is 0 Å². The van der Waals surface area contributed by atoms with Crippen LogP contribution in [-0.2, 0) is 0 Å². The van der Waals surface area contributed by atoms with Crippen molar-refractivity contribution in [3.8, 4) is 11.1 Å². The minimum Gasteiger partial charge on any atom is -0.310 e. The molecule has 35 heavy (non-hydrogen) atoms. The van der Waals surface area contributed by atoms with Crippen LogP contribution in [0, 0.1) is 13.8 Å². The predicted molar refractivity (Wildman–Crippen MR) is 151 cm³/mol. The van der Waals surface area contributed by atoms with Crippen LogP contribution in [0.4, 0.5) is 17.1 Å². The Labute approximate surface area is 206 Å². The van der Waals surface area contributed by atoms with Gasteiger partial charge in [0.25, 0.3) is 0 Å². The van der Waals surface area contributed by atoms with Crippen molar-refractivity contribution in [2.75, 3.05) is 4.90 Å². The molecule has 0 bridgehead atoms. The van der Waals surface area contributed by atoms with Crippen LogP contribution < -0.4 is 4.90 Å². The molecule has 6 aromatic carbocycles. The maximum atomic E-state index is 2.39. The summed E-state index contributed by atoms with van der Waals surface area (Å²) in [6, 6.07) is 46.2. The van der Waals surface area contributed by atoms with Crippen LogP contribution >= 0.6 is 0 Å². The average Bonchev–Trinajstić information content (AvgIpc) is 2.89. The standard InChI is InChI=1S/C34H27N/c1-24-14-19-30(20-15-24)35(31-12-7-8-25(2)22-31)33-21-18-27-10-5-6-13-32(27)34(33)29-17-16-26-9-3-4-11-28(26)23-29/h3-23H,1-2H3. The molecular weight excluding hydrogens is 422 g/mol. The van der Waals surface area contributed by atoms with Crippen molar-refractivity contribution >= 4 is 38.6 Å². The first-order chi connectivity index (χ1) is 17.2. The second-order valence-corrected chi connectivity index (χ2v) is 9.25. The summed E-state index contributed by atoms with van der Waals surface area (Å²) >= 11 is 0. The van der Waals surface area contributed by atoms with Gasteiger partial charge in [0.15, 0.2) is 0 Å². The first kappa shape index (κ1) is 21.2. The molecule has 0 fully saturated rings. The highest BCUT2D eigenvalue weighted by atomic mass is 15.1. The Morgan fingerprint density at radius 3 is 1.97 bits per heavy atom. The van der Waals surface area contributed by atoms with E-state index in [1.165, 1.54) is 49.5 Å². The quantitative estimate of drug-likeness (QED) is 0.259. The van der Waals surface area contributed by atoms with E-state index >= 15 is 0 Å². The van der Waals surface area contributed by atoms with Gasteiger partial charge in [-0.15, -0.1) is 0 Å². The van der Waals surface area contributed by atoms with Gasteiger partial charge in [-0.05, 0) is 82.9 Å². The molecule has 0 radical (unpaired) electrons. The minimum absolute atomic E-state index is 1.15. The van der Waals surface area contributed by atoms with Crippen LogP contribution in [-0.4, -0.2) is 0 Å². The van der Waals surface area contributed by atoms with Gasteiger partial charge < -0.3 is 4.90 Å². The third-order valence-corrected chi connectivity index (χ3v) is 6.74. The molecule has 1 nitrogen and oxygen atoms in total. The smallest absolute Gasteiger partial charge is 0.0546 e. The van der Waals surface area contributed by atoms with E-state index in [4.69, 9.17) is 0 Å². The predicted octanol–water partition coefficient (Wildman–Crippen LogP) is 9.75. The molecule has 0 atom stereocenters. The molecule has 6 aromatic rings. The Balaban J connectivity index is 1.68. The summed E-state index contributed by atoms with van der Waals surface area (Å²) in [5, 5.41) is 5.01. The average molecular weight is 450 g/mol. The highest BCUT2D eigenvalue weighted by Gasteiger charge is 2.19. The van der Waals surface area contributed by atoms with Gasteiger partial charge in [0, 0.05) is 16.9 Å². The van der Waals surface area contributed by atoms with Gasteiger partial charge in [-0.3, -0.25) is 0 Å². The van der Waals surface area contributed by atoms with Crippen molar-refractivity contribution in [1.82, 2.24) is 0 Å². The highest BCUT2D eigenvalue weighted by Crippen LogP contribution is 2.44. The van der Waals surface area contributed by atoms with Crippen LogP contribution in [0.2, 0.25) is 0 Å². The third kappa shape index (κ3) is 3.96. The Bertz CT molecular complexity index is 1660. The van der Waals surface area contributed by atoms with E-state index in [1.807, 2.05) is 0 Å². The normalized spacial score (nSPS) is 11.1. The van der Waals surface area contributed by atoms with Crippen LogP contribution in [0.5, 0.6) is 0 Å². The van der Waals surface area contributed by atoms with Crippen molar-refractivity contribution in [3.05, 3.63) is 139 Å². The van der Waals surface area contributed by atoms with E-state index in [9.17, 15) is 0 Å². The Kier molecular flexibility index (Phi) is 5.31. The molecule has 168 valence electrons. The second kappa shape index (κ2) is 8.77. The Morgan fingerprint density at radius 2 is 1.17 bits per heavy atom. The lowest BCUT2D eigenvalue weighted by Gasteiger charge is -2.29. The molecule has 0 saturated carbocycles. The van der Waals surface area contributed by atoms with Crippen molar-refractivity contribution in [1.29, 1.82) is 0 Å². The molecule has 0 spiro atoms. The van der Waals surface area contributed by atoms with Gasteiger partial charge in [-0.25, -0.2) is 0 Å².